The molecule has 0 radical (unpaired) electrons. The molecule has 0 saturated carbocycles. The summed E-state index contributed by atoms with van der Waals surface area (Å²) in [4.78, 5) is 11.9. The van der Waals surface area contributed by atoms with Gasteiger partial charge in [-0.05, 0) is 25.3 Å². The Balaban J connectivity index is 1.89. The van der Waals surface area contributed by atoms with Crippen molar-refractivity contribution in [1.82, 2.24) is 20.1 Å². The van der Waals surface area contributed by atoms with E-state index < -0.39 is 5.82 Å². The summed E-state index contributed by atoms with van der Waals surface area (Å²) in [6, 6.07) is 4.38. The first-order chi connectivity index (χ1) is 11.1. The number of nitrogens with one attached hydrogen (secondary N) is 1. The molecule has 1 amide bonds. The summed E-state index contributed by atoms with van der Waals surface area (Å²) < 4.78 is 15.7. The fourth-order valence-corrected chi connectivity index (χ4v) is 3.02. The molecule has 0 aliphatic carbocycles. The van der Waals surface area contributed by atoms with Crippen LogP contribution in [0, 0.1) is 5.82 Å². The quantitative estimate of drug-likeness (QED) is 0.775. The number of hydrogen-bond donors (Lipinski definition) is 1. The van der Waals surface area contributed by atoms with Gasteiger partial charge in [-0.25, -0.2) is 4.39 Å². The van der Waals surface area contributed by atoms with Crippen LogP contribution in [0.5, 0.6) is 0 Å². The summed E-state index contributed by atoms with van der Waals surface area (Å²) in [7, 11) is 0. The fraction of sp³-hybridized carbons (Fsp3) is 0.400. The smallest absolute Gasteiger partial charge is 0.224 e. The topological polar surface area (TPSA) is 59.8 Å². The zero-order chi connectivity index (χ0) is 16.8. The van der Waals surface area contributed by atoms with E-state index in [-0.39, 0.29) is 22.9 Å². The maximum absolute atomic E-state index is 13.7. The maximum atomic E-state index is 13.7. The molecule has 0 unspecified atom stereocenters. The number of aromatic nitrogens is 3. The van der Waals surface area contributed by atoms with Gasteiger partial charge in [-0.1, -0.05) is 29.4 Å². The van der Waals surface area contributed by atoms with Crippen LogP contribution in [-0.4, -0.2) is 33.5 Å². The van der Waals surface area contributed by atoms with E-state index in [4.69, 9.17) is 11.6 Å². The van der Waals surface area contributed by atoms with E-state index in [1.807, 2.05) is 17.7 Å². The van der Waals surface area contributed by atoms with Gasteiger partial charge in [0.05, 0.1) is 6.42 Å². The lowest BCUT2D eigenvalue weighted by molar-refractivity contribution is -0.120. The number of rotatable bonds is 7. The minimum atomic E-state index is -0.469. The molecule has 5 nitrogen and oxygen atoms in total. The number of nitrogens with zero attached hydrogens (tertiary/aromatic N) is 3. The largest absolute Gasteiger partial charge is 0.355 e. The van der Waals surface area contributed by atoms with Crippen LogP contribution in [0.25, 0.3) is 0 Å². The van der Waals surface area contributed by atoms with Crippen LogP contribution >= 0.6 is 23.4 Å². The summed E-state index contributed by atoms with van der Waals surface area (Å²) in [6.07, 6.45) is 2.43. The summed E-state index contributed by atoms with van der Waals surface area (Å²) in [5, 5.41) is 12.1. The average molecular weight is 357 g/mol. The fourth-order valence-electron chi connectivity index (χ4n) is 2.21. The summed E-state index contributed by atoms with van der Waals surface area (Å²) in [6.45, 7) is 3.21. The molecule has 0 atom stereocenters. The monoisotopic (exact) mass is 356 g/mol. The lowest BCUT2D eigenvalue weighted by Crippen LogP contribution is -2.28. The van der Waals surface area contributed by atoms with Gasteiger partial charge >= 0.3 is 0 Å². The van der Waals surface area contributed by atoms with Gasteiger partial charge in [-0.2, -0.15) is 0 Å². The van der Waals surface area contributed by atoms with Crippen molar-refractivity contribution in [3.05, 3.63) is 40.4 Å². The van der Waals surface area contributed by atoms with Gasteiger partial charge in [0.2, 0.25) is 5.91 Å². The highest BCUT2D eigenvalue weighted by Crippen LogP contribution is 2.19. The molecule has 124 valence electrons. The molecule has 1 heterocycles. The molecule has 2 rings (SSSR count). The molecule has 1 N–H and O–H groups in total. The molecule has 23 heavy (non-hydrogen) atoms. The molecule has 8 heteroatoms. The van der Waals surface area contributed by atoms with Gasteiger partial charge in [-0.3, -0.25) is 4.79 Å². The number of hydrogen-bond acceptors (Lipinski definition) is 4. The van der Waals surface area contributed by atoms with Crippen molar-refractivity contribution in [1.29, 1.82) is 0 Å². The maximum Gasteiger partial charge on any atom is 0.224 e. The van der Waals surface area contributed by atoms with Crippen molar-refractivity contribution in [2.45, 2.75) is 31.5 Å². The van der Waals surface area contributed by atoms with Gasteiger partial charge < -0.3 is 9.88 Å². The second kappa shape index (κ2) is 8.31. The third kappa shape index (κ3) is 4.45. The van der Waals surface area contributed by atoms with Crippen LogP contribution in [-0.2, 0) is 24.2 Å². The predicted octanol–water partition coefficient (Wildman–Crippen LogP) is 2.71. The first-order valence-corrected chi connectivity index (χ1v) is 8.82. The van der Waals surface area contributed by atoms with Crippen LogP contribution in [0.3, 0.4) is 0 Å². The Morgan fingerprint density at radius 3 is 2.87 bits per heavy atom. The lowest BCUT2D eigenvalue weighted by Gasteiger charge is -2.08. The van der Waals surface area contributed by atoms with Crippen LogP contribution in [0.4, 0.5) is 4.39 Å². The molecule has 0 spiro atoms. The van der Waals surface area contributed by atoms with Crippen LogP contribution < -0.4 is 5.32 Å². The number of benzene rings is 1. The van der Waals surface area contributed by atoms with Crippen molar-refractivity contribution in [2.75, 3.05) is 12.8 Å². The van der Waals surface area contributed by atoms with Crippen LogP contribution in [0.1, 0.15) is 18.3 Å². The number of halogens is 2. The Labute approximate surface area is 143 Å². The van der Waals surface area contributed by atoms with Gasteiger partial charge in [0, 0.05) is 30.1 Å². The first kappa shape index (κ1) is 17.7. The highest BCUT2D eigenvalue weighted by molar-refractivity contribution is 7.98. The van der Waals surface area contributed by atoms with E-state index in [0.717, 1.165) is 17.5 Å². The average Bonchev–Trinajstić information content (AvgIpc) is 2.93. The Hall–Kier alpha value is -1.60. The molecule has 0 aliphatic rings. The predicted molar refractivity (Wildman–Crippen MR) is 89.3 cm³/mol. The van der Waals surface area contributed by atoms with Crippen LogP contribution in [0.2, 0.25) is 5.02 Å². The summed E-state index contributed by atoms with van der Waals surface area (Å²) in [5.41, 5.74) is 0.216. The summed E-state index contributed by atoms with van der Waals surface area (Å²) >= 11 is 7.45. The normalized spacial score (nSPS) is 10.8. The molecular formula is C15H18ClFN4OS. The molecule has 0 aliphatic heterocycles. The van der Waals surface area contributed by atoms with E-state index in [1.54, 1.807) is 6.07 Å². The van der Waals surface area contributed by atoms with Gasteiger partial charge in [0.15, 0.2) is 5.16 Å². The van der Waals surface area contributed by atoms with E-state index >= 15 is 0 Å². The summed E-state index contributed by atoms with van der Waals surface area (Å²) in [5.74, 6) is 0.0775. The molecule has 0 saturated heterocycles. The van der Waals surface area contributed by atoms with Crippen molar-refractivity contribution < 1.29 is 9.18 Å². The standard InChI is InChI=1S/C15H18ClFN4OS/c1-3-21-13(19-20-15(21)23-2)7-8-18-14(22)9-10-11(16)5-4-6-12(10)17/h4-6H,3,7-9H2,1-2H3,(H,18,22). The molecule has 0 bridgehead atoms. The highest BCUT2D eigenvalue weighted by atomic mass is 35.5. The Bertz CT molecular complexity index is 672. The lowest BCUT2D eigenvalue weighted by atomic mass is 10.1. The van der Waals surface area contributed by atoms with E-state index in [9.17, 15) is 9.18 Å². The van der Waals surface area contributed by atoms with Gasteiger partial charge in [0.25, 0.3) is 0 Å². The number of amides is 1. The number of thioether (sulfide) groups is 1. The molecule has 0 fully saturated rings. The van der Waals surface area contributed by atoms with Crippen molar-refractivity contribution in [2.24, 2.45) is 0 Å². The van der Waals surface area contributed by atoms with E-state index in [2.05, 4.69) is 15.5 Å². The third-order valence-corrected chi connectivity index (χ3v) is 4.38. The van der Waals surface area contributed by atoms with E-state index in [1.165, 1.54) is 23.9 Å². The minimum Gasteiger partial charge on any atom is -0.355 e. The van der Waals surface area contributed by atoms with Crippen molar-refractivity contribution in [3.8, 4) is 0 Å². The Morgan fingerprint density at radius 1 is 1.43 bits per heavy atom. The zero-order valence-corrected chi connectivity index (χ0v) is 14.5. The van der Waals surface area contributed by atoms with E-state index in [0.29, 0.717) is 13.0 Å². The number of carbonyl (C=O) groups excluding carboxylic acids is 1. The first-order valence-electron chi connectivity index (χ1n) is 7.22. The molecule has 2 aromatic rings. The zero-order valence-electron chi connectivity index (χ0n) is 13.0. The minimum absolute atomic E-state index is 0.0813. The second-order valence-electron chi connectivity index (χ2n) is 4.82. The van der Waals surface area contributed by atoms with Gasteiger partial charge in [0.1, 0.15) is 11.6 Å². The molecule has 1 aromatic heterocycles. The second-order valence-corrected chi connectivity index (χ2v) is 6.00. The highest BCUT2D eigenvalue weighted by Gasteiger charge is 2.13. The van der Waals surface area contributed by atoms with Gasteiger partial charge in [-0.15, -0.1) is 10.2 Å². The van der Waals surface area contributed by atoms with Crippen molar-refractivity contribution >= 4 is 29.3 Å². The Morgan fingerprint density at radius 2 is 2.22 bits per heavy atom. The number of carbonyl (C=O) groups is 1. The molecular weight excluding hydrogens is 339 g/mol. The van der Waals surface area contributed by atoms with Crippen LogP contribution in [0.15, 0.2) is 23.4 Å². The SMILES string of the molecule is CCn1c(CCNC(=O)Cc2c(F)cccc2Cl)nnc1SC. The third-order valence-electron chi connectivity index (χ3n) is 3.36. The Kier molecular flexibility index (Phi) is 6.41. The van der Waals surface area contributed by atoms with Crippen molar-refractivity contribution in [3.63, 3.8) is 0 Å². The molecule has 1 aromatic carbocycles.